The molecule has 1 aliphatic carbocycles. The largest absolute Gasteiger partial charge is 0.417 e. The minimum absolute atomic E-state index is 0.0972. The highest BCUT2D eigenvalue weighted by molar-refractivity contribution is 6.31. The van der Waals surface area contributed by atoms with Crippen LogP contribution in [-0.4, -0.2) is 48.1 Å². The number of anilines is 1. The Hall–Kier alpha value is -1.47. The number of hydrogen-bond acceptors (Lipinski definition) is 2. The molecule has 0 bridgehead atoms. The summed E-state index contributed by atoms with van der Waals surface area (Å²) in [5.41, 5.74) is -0.849. The predicted molar refractivity (Wildman–Crippen MR) is 90.9 cm³/mol. The SMILES string of the molecule is O=C(Nc1ccc(Cl)c(C(F)(F)F)c1)N1CCN(C2CCCC2)CC1. The number of rotatable bonds is 2. The van der Waals surface area contributed by atoms with Crippen LogP contribution >= 0.6 is 11.6 Å². The van der Waals surface area contributed by atoms with E-state index in [4.69, 9.17) is 11.6 Å². The fraction of sp³-hybridized carbons (Fsp3) is 0.588. The van der Waals surface area contributed by atoms with Gasteiger partial charge in [0.1, 0.15) is 0 Å². The smallest absolute Gasteiger partial charge is 0.322 e. The van der Waals surface area contributed by atoms with Gasteiger partial charge in [-0.25, -0.2) is 4.79 Å². The first-order valence-corrected chi connectivity index (χ1v) is 8.89. The molecule has 1 N–H and O–H groups in total. The van der Waals surface area contributed by atoms with Gasteiger partial charge in [-0.05, 0) is 31.0 Å². The van der Waals surface area contributed by atoms with E-state index < -0.39 is 11.7 Å². The van der Waals surface area contributed by atoms with Crippen molar-refractivity contribution in [3.05, 3.63) is 28.8 Å². The number of hydrogen-bond donors (Lipinski definition) is 1. The van der Waals surface area contributed by atoms with E-state index >= 15 is 0 Å². The molecule has 4 nitrogen and oxygen atoms in total. The van der Waals surface area contributed by atoms with Gasteiger partial charge < -0.3 is 10.2 Å². The van der Waals surface area contributed by atoms with Gasteiger partial charge in [-0.1, -0.05) is 24.4 Å². The zero-order chi connectivity index (χ0) is 18.0. The van der Waals surface area contributed by atoms with Crippen molar-refractivity contribution in [2.24, 2.45) is 0 Å². The monoisotopic (exact) mass is 375 g/mol. The Bertz CT molecular complexity index is 624. The second-order valence-electron chi connectivity index (χ2n) is 6.58. The Morgan fingerprint density at radius 1 is 1.12 bits per heavy atom. The molecule has 1 saturated heterocycles. The summed E-state index contributed by atoms with van der Waals surface area (Å²) in [6.07, 6.45) is 0.423. The van der Waals surface area contributed by atoms with E-state index in [9.17, 15) is 18.0 Å². The maximum atomic E-state index is 12.9. The van der Waals surface area contributed by atoms with E-state index in [1.165, 1.54) is 31.7 Å². The molecule has 25 heavy (non-hydrogen) atoms. The number of nitrogens with one attached hydrogen (secondary N) is 1. The minimum Gasteiger partial charge on any atom is -0.322 e. The third-order valence-corrected chi connectivity index (χ3v) is 5.30. The van der Waals surface area contributed by atoms with Gasteiger partial charge in [0.25, 0.3) is 0 Å². The normalized spacial score (nSPS) is 20.1. The molecule has 1 heterocycles. The molecule has 1 saturated carbocycles. The van der Waals surface area contributed by atoms with Crippen molar-refractivity contribution < 1.29 is 18.0 Å². The van der Waals surface area contributed by atoms with Gasteiger partial charge in [0.05, 0.1) is 10.6 Å². The second-order valence-corrected chi connectivity index (χ2v) is 6.99. The Balaban J connectivity index is 1.58. The fourth-order valence-corrected chi connectivity index (χ4v) is 3.81. The van der Waals surface area contributed by atoms with Crippen molar-refractivity contribution in [1.82, 2.24) is 9.80 Å². The zero-order valence-corrected chi connectivity index (χ0v) is 14.5. The third kappa shape index (κ3) is 4.39. The van der Waals surface area contributed by atoms with E-state index in [2.05, 4.69) is 10.2 Å². The van der Waals surface area contributed by atoms with Crippen LogP contribution in [0.4, 0.5) is 23.7 Å². The number of amides is 2. The number of carbonyl (C=O) groups excluding carboxylic acids is 1. The summed E-state index contributed by atoms with van der Waals surface area (Å²) in [5, 5.41) is 2.17. The summed E-state index contributed by atoms with van der Waals surface area (Å²) >= 11 is 5.60. The van der Waals surface area contributed by atoms with Crippen LogP contribution in [0.1, 0.15) is 31.2 Å². The van der Waals surface area contributed by atoms with Gasteiger partial charge >= 0.3 is 12.2 Å². The topological polar surface area (TPSA) is 35.6 Å². The van der Waals surface area contributed by atoms with Gasteiger partial charge in [-0.3, -0.25) is 4.90 Å². The highest BCUT2D eigenvalue weighted by atomic mass is 35.5. The number of alkyl halides is 3. The number of piperazine rings is 1. The van der Waals surface area contributed by atoms with Gasteiger partial charge in [0.15, 0.2) is 0 Å². The molecule has 8 heteroatoms. The van der Waals surface area contributed by atoms with Gasteiger partial charge in [-0.15, -0.1) is 0 Å². The average Bonchev–Trinajstić information content (AvgIpc) is 3.10. The lowest BCUT2D eigenvalue weighted by atomic mass is 10.2. The Labute approximate surface area is 149 Å². The lowest BCUT2D eigenvalue weighted by Crippen LogP contribution is -2.52. The molecular formula is C17H21ClF3N3O. The lowest BCUT2D eigenvalue weighted by Gasteiger charge is -2.38. The van der Waals surface area contributed by atoms with E-state index in [-0.39, 0.29) is 16.7 Å². The maximum absolute atomic E-state index is 12.9. The summed E-state index contributed by atoms with van der Waals surface area (Å²) < 4.78 is 38.7. The first-order chi connectivity index (χ1) is 11.8. The fourth-order valence-electron chi connectivity index (χ4n) is 3.58. The summed E-state index contributed by atoms with van der Waals surface area (Å²) in [5.74, 6) is 0. The molecule has 1 aromatic carbocycles. The standard InChI is InChI=1S/C17H21ClF3N3O/c18-15-6-5-12(11-14(15)17(19,20)21)22-16(25)24-9-7-23(8-10-24)13-3-1-2-4-13/h5-6,11,13H,1-4,7-10H2,(H,22,25). The third-order valence-electron chi connectivity index (χ3n) is 4.97. The first-order valence-electron chi connectivity index (χ1n) is 8.51. The van der Waals surface area contributed by atoms with Crippen LogP contribution in [0.5, 0.6) is 0 Å². The van der Waals surface area contributed by atoms with E-state index in [0.29, 0.717) is 19.1 Å². The van der Waals surface area contributed by atoms with Crippen molar-refractivity contribution in [1.29, 1.82) is 0 Å². The zero-order valence-electron chi connectivity index (χ0n) is 13.8. The summed E-state index contributed by atoms with van der Waals surface area (Å²) in [4.78, 5) is 16.4. The quantitative estimate of drug-likeness (QED) is 0.828. The Morgan fingerprint density at radius 2 is 1.76 bits per heavy atom. The highest BCUT2D eigenvalue weighted by Gasteiger charge is 2.34. The van der Waals surface area contributed by atoms with Crippen LogP contribution in [0, 0.1) is 0 Å². The van der Waals surface area contributed by atoms with Crippen molar-refractivity contribution >= 4 is 23.3 Å². The molecule has 2 amide bonds. The van der Waals surface area contributed by atoms with Crippen molar-refractivity contribution in [3.63, 3.8) is 0 Å². The molecule has 3 rings (SSSR count). The molecule has 0 aromatic heterocycles. The molecule has 138 valence electrons. The molecule has 1 aliphatic heterocycles. The van der Waals surface area contributed by atoms with E-state index in [0.717, 1.165) is 25.2 Å². The Kier molecular flexibility index (Phi) is 5.43. The molecule has 0 spiro atoms. The number of nitrogens with zero attached hydrogens (tertiary/aromatic N) is 2. The molecule has 0 radical (unpaired) electrons. The van der Waals surface area contributed by atoms with Crippen molar-refractivity contribution in [3.8, 4) is 0 Å². The maximum Gasteiger partial charge on any atom is 0.417 e. The van der Waals surface area contributed by atoms with Crippen LogP contribution in [0.25, 0.3) is 0 Å². The Morgan fingerprint density at radius 3 is 2.36 bits per heavy atom. The predicted octanol–water partition coefficient (Wildman–Crippen LogP) is 4.45. The molecule has 0 unspecified atom stereocenters. The number of urea groups is 1. The molecular weight excluding hydrogens is 355 g/mol. The van der Waals surface area contributed by atoms with Crippen molar-refractivity contribution in [2.45, 2.75) is 37.9 Å². The molecule has 2 aliphatic rings. The van der Waals surface area contributed by atoms with Crippen molar-refractivity contribution in [2.75, 3.05) is 31.5 Å². The summed E-state index contributed by atoms with van der Waals surface area (Å²) in [6, 6.07) is 3.65. The first kappa shape index (κ1) is 18.3. The molecule has 0 atom stereocenters. The number of carbonyl (C=O) groups is 1. The van der Waals surface area contributed by atoms with Gasteiger partial charge in [0, 0.05) is 37.9 Å². The average molecular weight is 376 g/mol. The highest BCUT2D eigenvalue weighted by Crippen LogP contribution is 2.36. The second kappa shape index (κ2) is 7.41. The lowest BCUT2D eigenvalue weighted by molar-refractivity contribution is -0.137. The summed E-state index contributed by atoms with van der Waals surface area (Å²) in [6.45, 7) is 2.79. The number of benzene rings is 1. The molecule has 1 aromatic rings. The molecule has 2 fully saturated rings. The number of halogens is 4. The summed E-state index contributed by atoms with van der Waals surface area (Å²) in [7, 11) is 0. The van der Waals surface area contributed by atoms with E-state index in [1.54, 1.807) is 4.90 Å². The van der Waals surface area contributed by atoms with Gasteiger partial charge in [-0.2, -0.15) is 13.2 Å². The van der Waals surface area contributed by atoms with E-state index in [1.807, 2.05) is 0 Å². The van der Waals surface area contributed by atoms with Crippen LogP contribution in [0.15, 0.2) is 18.2 Å². The van der Waals surface area contributed by atoms with Crippen LogP contribution in [0.2, 0.25) is 5.02 Å². The van der Waals surface area contributed by atoms with Crippen LogP contribution in [0.3, 0.4) is 0 Å². The minimum atomic E-state index is -4.55. The van der Waals surface area contributed by atoms with Crippen LogP contribution in [-0.2, 0) is 6.18 Å². The van der Waals surface area contributed by atoms with Gasteiger partial charge in [0.2, 0.25) is 0 Å². The van der Waals surface area contributed by atoms with Crippen LogP contribution < -0.4 is 5.32 Å².